The number of hydrogen-bond acceptors (Lipinski definition) is 7. The zero-order chi connectivity index (χ0) is 36.9. The molecular weight excluding hydrogens is 646 g/mol. The summed E-state index contributed by atoms with van der Waals surface area (Å²) in [4.78, 5) is 56.7. The molecule has 13 heteroatoms. The van der Waals surface area contributed by atoms with E-state index in [9.17, 15) is 32.7 Å². The van der Waals surface area contributed by atoms with Crippen molar-refractivity contribution in [1.82, 2.24) is 26.2 Å². The van der Waals surface area contributed by atoms with Crippen LogP contribution in [0.1, 0.15) is 133 Å². The van der Waals surface area contributed by atoms with Crippen molar-refractivity contribution in [3.8, 4) is 0 Å². The summed E-state index contributed by atoms with van der Waals surface area (Å²) in [5.74, 6) is -1.61. The maximum atomic E-state index is 14.5. The van der Waals surface area contributed by atoms with Crippen LogP contribution in [0, 0.1) is 17.3 Å². The van der Waals surface area contributed by atoms with Gasteiger partial charge in [-0.05, 0) is 76.5 Å². The Bertz CT molecular complexity index is 1280. The van der Waals surface area contributed by atoms with Gasteiger partial charge < -0.3 is 31.3 Å². The molecule has 1 aliphatic heterocycles. The second-order valence-corrected chi connectivity index (χ2v) is 20.0. The predicted molar refractivity (Wildman–Crippen MR) is 191 cm³/mol. The Morgan fingerprint density at radius 3 is 2.06 bits per heavy atom. The normalized spacial score (nSPS) is 23.4. The molecule has 2 aliphatic carbocycles. The van der Waals surface area contributed by atoms with Gasteiger partial charge >= 0.3 is 6.03 Å². The molecule has 1 heterocycles. The van der Waals surface area contributed by atoms with Crippen LogP contribution in [0.3, 0.4) is 0 Å². The Hall–Kier alpha value is -2.41. The maximum Gasteiger partial charge on any atom is 0.315 e. The minimum Gasteiger partial charge on any atom is -0.381 e. The third-order valence-corrected chi connectivity index (χ3v) is 13.4. The minimum absolute atomic E-state index is 0.0611. The summed E-state index contributed by atoms with van der Waals surface area (Å²) < 4.78 is 25.6. The van der Waals surface area contributed by atoms with Gasteiger partial charge in [-0.15, -0.1) is 0 Å². The van der Waals surface area contributed by atoms with E-state index in [1.165, 1.54) is 0 Å². The van der Waals surface area contributed by atoms with Crippen molar-refractivity contribution in [1.29, 1.82) is 0 Å². The van der Waals surface area contributed by atoms with Crippen LogP contribution >= 0.6 is 0 Å². The second-order valence-electron chi connectivity index (χ2n) is 17.3. The number of carbonyl (C=O) groups excluding carboxylic acids is 4. The van der Waals surface area contributed by atoms with E-state index in [0.29, 0.717) is 38.6 Å². The van der Waals surface area contributed by atoms with E-state index in [2.05, 4.69) is 21.3 Å². The zero-order valence-corrected chi connectivity index (χ0v) is 32.3. The van der Waals surface area contributed by atoms with Crippen molar-refractivity contribution in [3.63, 3.8) is 0 Å². The lowest BCUT2D eigenvalue weighted by Crippen LogP contribution is -2.64. The molecule has 3 rings (SSSR count). The summed E-state index contributed by atoms with van der Waals surface area (Å²) in [5.41, 5.74) is -1.69. The molecule has 5 N–H and O–H groups in total. The van der Waals surface area contributed by atoms with Crippen LogP contribution in [0.25, 0.3) is 0 Å². The van der Waals surface area contributed by atoms with Gasteiger partial charge in [0.2, 0.25) is 11.8 Å². The summed E-state index contributed by atoms with van der Waals surface area (Å²) in [5, 5.41) is 22.7. The van der Waals surface area contributed by atoms with E-state index in [1.807, 2.05) is 41.5 Å². The molecule has 0 aromatic heterocycles. The molecule has 5 unspecified atom stereocenters. The Morgan fingerprint density at radius 1 is 0.939 bits per heavy atom. The molecule has 1 saturated heterocycles. The summed E-state index contributed by atoms with van der Waals surface area (Å²) in [6, 6.07) is -3.22. The molecule has 0 aromatic carbocycles. The first-order chi connectivity index (χ1) is 22.6. The molecule has 2 saturated carbocycles. The number of sulfone groups is 1. The summed E-state index contributed by atoms with van der Waals surface area (Å²) in [6.45, 7) is 16.8. The van der Waals surface area contributed by atoms with Crippen LogP contribution in [-0.2, 0) is 24.2 Å². The number of hydrogen-bond donors (Lipinski definition) is 5. The number of aliphatic hydroxyl groups excluding tert-OH is 1. The van der Waals surface area contributed by atoms with Crippen molar-refractivity contribution in [2.45, 2.75) is 173 Å². The number of nitrogens with one attached hydrogen (secondary N) is 4. The van der Waals surface area contributed by atoms with Gasteiger partial charge in [-0.25, -0.2) is 13.2 Å². The van der Waals surface area contributed by atoms with E-state index in [1.54, 1.807) is 25.7 Å². The fourth-order valence-electron chi connectivity index (χ4n) is 7.13. The third-order valence-electron chi connectivity index (χ3n) is 10.6. The Kier molecular flexibility index (Phi) is 13.6. The molecule has 12 nitrogen and oxygen atoms in total. The van der Waals surface area contributed by atoms with Crippen LogP contribution < -0.4 is 21.3 Å². The lowest BCUT2D eigenvalue weighted by Gasteiger charge is -2.41. The summed E-state index contributed by atoms with van der Waals surface area (Å²) in [6.07, 6.45) is 6.43. The molecule has 0 spiro atoms. The molecule has 0 radical (unpaired) electrons. The smallest absolute Gasteiger partial charge is 0.315 e. The zero-order valence-electron chi connectivity index (χ0n) is 31.5. The fraction of sp³-hybridized carbons (Fsp3) is 0.889. The molecule has 5 atom stereocenters. The van der Waals surface area contributed by atoms with E-state index in [-0.39, 0.29) is 23.6 Å². The topological polar surface area (TPSA) is 174 Å². The van der Waals surface area contributed by atoms with Crippen molar-refractivity contribution < 1.29 is 32.7 Å². The molecule has 0 aromatic rings. The van der Waals surface area contributed by atoms with Gasteiger partial charge in [-0.2, -0.15) is 0 Å². The van der Waals surface area contributed by atoms with Crippen LogP contribution in [0.5, 0.6) is 0 Å². The number of urea groups is 1. The van der Waals surface area contributed by atoms with Gasteiger partial charge in [0.05, 0.1) is 22.1 Å². The average Bonchev–Trinajstić information content (AvgIpc) is 3.68. The van der Waals surface area contributed by atoms with Crippen molar-refractivity contribution in [3.05, 3.63) is 0 Å². The SMILES string of the molecule is CCCCC(NC(=O)C1C(C(C)C)CCN1C(=O)C(NC(=O)NC1(CS(=O)(=O)C(C)(C)C)CCCCC1)C(C)(C)C)C(O)C(=O)NC1CC1. The standard InChI is InChI=1S/C36H65N5O7S/c1-10-11-15-26(28(42)31(44)37-24-16-17-24)38-30(43)27-25(23(2)3)18-21-41(27)32(45)29(34(4,5)6)39-33(46)40-36(19-13-12-14-20-36)22-49(47,48)35(7,8)9/h23-29,42H,10-22H2,1-9H3,(H,37,44)(H,38,43)(H2,39,40,46). The van der Waals surface area contributed by atoms with Crippen LogP contribution in [-0.4, -0.2) is 95.0 Å². The average molecular weight is 712 g/mol. The minimum atomic E-state index is -3.55. The van der Waals surface area contributed by atoms with E-state index in [0.717, 1.165) is 38.5 Å². The summed E-state index contributed by atoms with van der Waals surface area (Å²) in [7, 11) is -3.55. The van der Waals surface area contributed by atoms with Crippen molar-refractivity contribution in [2.24, 2.45) is 17.3 Å². The number of nitrogens with zero attached hydrogens (tertiary/aromatic N) is 1. The monoisotopic (exact) mass is 711 g/mol. The van der Waals surface area contributed by atoms with Crippen LogP contribution in [0.2, 0.25) is 0 Å². The highest BCUT2D eigenvalue weighted by atomic mass is 32.2. The number of amides is 5. The number of unbranched alkanes of at least 4 members (excludes halogenated alkanes) is 1. The summed E-state index contributed by atoms with van der Waals surface area (Å²) >= 11 is 0. The Morgan fingerprint density at radius 2 is 1.55 bits per heavy atom. The molecule has 3 fully saturated rings. The fourth-order valence-corrected chi connectivity index (χ4v) is 8.65. The first kappa shape index (κ1) is 41.0. The van der Waals surface area contributed by atoms with E-state index >= 15 is 0 Å². The van der Waals surface area contributed by atoms with Crippen LogP contribution in [0.4, 0.5) is 4.79 Å². The van der Waals surface area contributed by atoms with E-state index in [4.69, 9.17) is 0 Å². The lowest BCUT2D eigenvalue weighted by molar-refractivity contribution is -0.144. The maximum absolute atomic E-state index is 14.5. The van der Waals surface area contributed by atoms with Gasteiger partial charge in [-0.1, -0.05) is 73.6 Å². The van der Waals surface area contributed by atoms with Crippen molar-refractivity contribution in [2.75, 3.05) is 12.3 Å². The van der Waals surface area contributed by atoms with Gasteiger partial charge in [-0.3, -0.25) is 14.4 Å². The number of carbonyl (C=O) groups is 4. The van der Waals surface area contributed by atoms with Gasteiger partial charge in [0, 0.05) is 12.6 Å². The van der Waals surface area contributed by atoms with Crippen molar-refractivity contribution >= 4 is 33.6 Å². The van der Waals surface area contributed by atoms with E-state index < -0.39 is 73.5 Å². The molecular formula is C36H65N5O7S. The lowest BCUT2D eigenvalue weighted by atomic mass is 9.83. The quantitative estimate of drug-likeness (QED) is 0.182. The predicted octanol–water partition coefficient (Wildman–Crippen LogP) is 3.80. The molecule has 5 amide bonds. The number of aliphatic hydroxyl groups is 1. The highest BCUT2D eigenvalue weighted by Crippen LogP contribution is 2.35. The highest BCUT2D eigenvalue weighted by Gasteiger charge is 2.49. The molecule has 0 bridgehead atoms. The number of rotatable bonds is 14. The van der Waals surface area contributed by atoms with Gasteiger partial charge in [0.15, 0.2) is 15.9 Å². The third kappa shape index (κ3) is 10.8. The van der Waals surface area contributed by atoms with Gasteiger partial charge in [0.1, 0.15) is 12.1 Å². The molecule has 49 heavy (non-hydrogen) atoms. The first-order valence-corrected chi connectivity index (χ1v) is 20.2. The number of likely N-dealkylation sites (tertiary alicyclic amines) is 1. The second kappa shape index (κ2) is 16.3. The first-order valence-electron chi connectivity index (χ1n) is 18.5. The molecule has 282 valence electrons. The van der Waals surface area contributed by atoms with Crippen LogP contribution in [0.15, 0.2) is 0 Å². The Labute approximate surface area is 295 Å². The Balaban J connectivity index is 1.85. The molecule has 3 aliphatic rings. The largest absolute Gasteiger partial charge is 0.381 e. The van der Waals surface area contributed by atoms with Gasteiger partial charge in [0.25, 0.3) is 5.91 Å². The highest BCUT2D eigenvalue weighted by molar-refractivity contribution is 7.92.